The van der Waals surface area contributed by atoms with E-state index >= 15 is 0 Å². The zero-order valence-corrected chi connectivity index (χ0v) is 13.0. The Labute approximate surface area is 134 Å². The molecule has 0 aliphatic carbocycles. The number of rotatable bonds is 7. The fraction of sp³-hybridized carbons (Fsp3) is 0.375. The van der Waals surface area contributed by atoms with Gasteiger partial charge in [-0.15, -0.1) is 0 Å². The number of carbonyl (C=O) groups excluding carboxylic acids is 1. The third-order valence-corrected chi connectivity index (χ3v) is 3.55. The highest BCUT2D eigenvalue weighted by atomic mass is 19.1. The van der Waals surface area contributed by atoms with Crippen molar-refractivity contribution >= 4 is 6.03 Å². The van der Waals surface area contributed by atoms with Crippen LogP contribution in [-0.2, 0) is 6.54 Å². The molecule has 0 unspecified atom stereocenters. The Morgan fingerprint density at radius 3 is 2.74 bits per heavy atom. The van der Waals surface area contributed by atoms with E-state index in [1.165, 1.54) is 24.3 Å². The van der Waals surface area contributed by atoms with Crippen LogP contribution in [0.15, 0.2) is 36.7 Å². The van der Waals surface area contributed by atoms with Gasteiger partial charge in [-0.2, -0.15) is 0 Å². The van der Waals surface area contributed by atoms with Crippen LogP contribution in [0, 0.1) is 12.7 Å². The maximum Gasteiger partial charge on any atom is 0.315 e. The number of benzene rings is 1. The van der Waals surface area contributed by atoms with Crippen LogP contribution in [0.4, 0.5) is 9.18 Å². The van der Waals surface area contributed by atoms with E-state index in [-0.39, 0.29) is 18.5 Å². The maximum absolute atomic E-state index is 12.9. The second-order valence-corrected chi connectivity index (χ2v) is 5.21. The van der Waals surface area contributed by atoms with Gasteiger partial charge in [0.15, 0.2) is 0 Å². The van der Waals surface area contributed by atoms with E-state index in [9.17, 15) is 14.3 Å². The largest absolute Gasteiger partial charge is 0.394 e. The van der Waals surface area contributed by atoms with Crippen molar-refractivity contribution in [1.82, 2.24) is 20.2 Å². The molecule has 0 saturated heterocycles. The van der Waals surface area contributed by atoms with Crippen molar-refractivity contribution in [3.05, 3.63) is 53.9 Å². The van der Waals surface area contributed by atoms with Crippen molar-refractivity contribution in [1.29, 1.82) is 0 Å². The van der Waals surface area contributed by atoms with Crippen LogP contribution in [0.25, 0.3) is 0 Å². The number of aryl methyl sites for hydroxylation is 2. The number of aliphatic hydroxyl groups excluding tert-OH is 1. The molecule has 0 saturated carbocycles. The summed E-state index contributed by atoms with van der Waals surface area (Å²) in [5, 5.41) is 14.8. The first-order chi connectivity index (χ1) is 11.1. The number of amides is 2. The van der Waals surface area contributed by atoms with Crippen molar-refractivity contribution < 1.29 is 14.3 Å². The second-order valence-electron chi connectivity index (χ2n) is 5.21. The zero-order chi connectivity index (χ0) is 16.7. The van der Waals surface area contributed by atoms with E-state index in [1.54, 1.807) is 6.20 Å². The molecule has 1 aromatic heterocycles. The summed E-state index contributed by atoms with van der Waals surface area (Å²) in [7, 11) is 0. The fourth-order valence-corrected chi connectivity index (χ4v) is 2.23. The normalized spacial score (nSPS) is 12.0. The summed E-state index contributed by atoms with van der Waals surface area (Å²) in [4.78, 5) is 16.0. The molecule has 1 heterocycles. The minimum absolute atomic E-state index is 0.257. The van der Waals surface area contributed by atoms with E-state index in [0.717, 1.165) is 18.8 Å². The van der Waals surface area contributed by atoms with Crippen molar-refractivity contribution in [3.63, 3.8) is 0 Å². The lowest BCUT2D eigenvalue weighted by atomic mass is 10.1. The van der Waals surface area contributed by atoms with Crippen molar-refractivity contribution in [2.24, 2.45) is 0 Å². The average molecular weight is 320 g/mol. The molecule has 3 N–H and O–H groups in total. The molecule has 1 atom stereocenters. The molecule has 2 amide bonds. The van der Waals surface area contributed by atoms with Crippen LogP contribution in [0.2, 0.25) is 0 Å². The first-order valence-electron chi connectivity index (χ1n) is 7.48. The van der Waals surface area contributed by atoms with Gasteiger partial charge >= 0.3 is 6.03 Å². The number of hydrogen-bond donors (Lipinski definition) is 3. The standard InChI is InChI=1S/C16H21FN4O2/c1-12-18-8-10-21(12)9-2-7-19-16(23)20-15(11-22)13-3-5-14(17)6-4-13/h3-6,8,10,15,22H,2,7,9,11H2,1H3,(H2,19,20,23)/t15-/m0/s1. The number of nitrogens with one attached hydrogen (secondary N) is 2. The molecule has 23 heavy (non-hydrogen) atoms. The number of aromatic nitrogens is 2. The van der Waals surface area contributed by atoms with Crippen molar-refractivity contribution in [2.45, 2.75) is 25.9 Å². The topological polar surface area (TPSA) is 79.2 Å². The number of urea groups is 1. The van der Waals surface area contributed by atoms with Crippen LogP contribution in [0.3, 0.4) is 0 Å². The third kappa shape index (κ3) is 5.07. The number of carbonyl (C=O) groups is 1. The predicted molar refractivity (Wildman–Crippen MR) is 84.3 cm³/mol. The van der Waals surface area contributed by atoms with Crippen LogP contribution in [0.1, 0.15) is 23.9 Å². The highest BCUT2D eigenvalue weighted by Crippen LogP contribution is 2.12. The summed E-state index contributed by atoms with van der Waals surface area (Å²) in [5.74, 6) is 0.579. The minimum Gasteiger partial charge on any atom is -0.394 e. The average Bonchev–Trinajstić information content (AvgIpc) is 2.95. The Balaban J connectivity index is 1.74. The van der Waals surface area contributed by atoms with Crippen LogP contribution in [0.5, 0.6) is 0 Å². The van der Waals surface area contributed by atoms with Gasteiger partial charge in [0.05, 0.1) is 12.6 Å². The Kier molecular flexibility index (Phi) is 6.10. The van der Waals surface area contributed by atoms with Crippen LogP contribution < -0.4 is 10.6 Å². The first-order valence-corrected chi connectivity index (χ1v) is 7.48. The first kappa shape index (κ1) is 17.0. The second kappa shape index (κ2) is 8.28. The molecule has 7 heteroatoms. The monoisotopic (exact) mass is 320 g/mol. The number of imidazole rings is 1. The number of halogens is 1. The van der Waals surface area contributed by atoms with E-state index in [4.69, 9.17) is 0 Å². The predicted octanol–water partition coefficient (Wildman–Crippen LogP) is 1.75. The molecule has 0 fully saturated rings. The molecule has 2 rings (SSSR count). The van der Waals surface area contributed by atoms with E-state index in [0.29, 0.717) is 12.1 Å². The van der Waals surface area contributed by atoms with Gasteiger partial charge in [0.2, 0.25) is 0 Å². The zero-order valence-electron chi connectivity index (χ0n) is 13.0. The lowest BCUT2D eigenvalue weighted by Gasteiger charge is -2.17. The molecule has 1 aromatic carbocycles. The molecular formula is C16H21FN4O2. The van der Waals surface area contributed by atoms with Crippen molar-refractivity contribution in [2.75, 3.05) is 13.2 Å². The van der Waals surface area contributed by atoms with Gasteiger partial charge in [-0.3, -0.25) is 0 Å². The summed E-state index contributed by atoms with van der Waals surface area (Å²) in [6.07, 6.45) is 4.40. The Morgan fingerprint density at radius 2 is 2.13 bits per heavy atom. The molecule has 0 spiro atoms. The molecule has 0 aliphatic rings. The van der Waals surface area contributed by atoms with Crippen LogP contribution in [-0.4, -0.2) is 33.8 Å². The molecular weight excluding hydrogens is 299 g/mol. The lowest BCUT2D eigenvalue weighted by molar-refractivity contribution is 0.216. The minimum atomic E-state index is -0.563. The van der Waals surface area contributed by atoms with Gasteiger partial charge in [0.25, 0.3) is 0 Å². The maximum atomic E-state index is 12.9. The summed E-state index contributed by atoms with van der Waals surface area (Å²) in [6.45, 7) is 2.94. The number of aliphatic hydroxyl groups is 1. The highest BCUT2D eigenvalue weighted by molar-refractivity contribution is 5.74. The number of nitrogens with zero attached hydrogens (tertiary/aromatic N) is 2. The van der Waals surface area contributed by atoms with Gasteiger partial charge in [-0.05, 0) is 31.0 Å². The SMILES string of the molecule is Cc1nccn1CCCNC(=O)N[C@@H](CO)c1ccc(F)cc1. The fourth-order valence-electron chi connectivity index (χ4n) is 2.23. The quantitative estimate of drug-likeness (QED) is 0.680. The van der Waals surface area contributed by atoms with Crippen molar-refractivity contribution in [3.8, 4) is 0 Å². The van der Waals surface area contributed by atoms with Gasteiger partial charge in [-0.1, -0.05) is 12.1 Å². The van der Waals surface area contributed by atoms with E-state index in [1.807, 2.05) is 17.7 Å². The summed E-state index contributed by atoms with van der Waals surface area (Å²) >= 11 is 0. The summed E-state index contributed by atoms with van der Waals surface area (Å²) in [5.41, 5.74) is 0.651. The van der Waals surface area contributed by atoms with Crippen LogP contribution >= 0.6 is 0 Å². The number of hydrogen-bond acceptors (Lipinski definition) is 3. The highest BCUT2D eigenvalue weighted by Gasteiger charge is 2.13. The smallest absolute Gasteiger partial charge is 0.315 e. The molecule has 6 nitrogen and oxygen atoms in total. The van der Waals surface area contributed by atoms with E-state index in [2.05, 4.69) is 15.6 Å². The molecule has 2 aromatic rings. The summed E-state index contributed by atoms with van der Waals surface area (Å²) < 4.78 is 14.9. The molecule has 124 valence electrons. The third-order valence-electron chi connectivity index (χ3n) is 3.55. The summed E-state index contributed by atoms with van der Waals surface area (Å²) in [6, 6.07) is 4.74. The van der Waals surface area contributed by atoms with Gasteiger partial charge in [0.1, 0.15) is 11.6 Å². The van der Waals surface area contributed by atoms with Gasteiger partial charge in [0, 0.05) is 25.5 Å². The molecule has 0 bridgehead atoms. The lowest BCUT2D eigenvalue weighted by Crippen LogP contribution is -2.39. The Morgan fingerprint density at radius 1 is 1.39 bits per heavy atom. The van der Waals surface area contributed by atoms with E-state index < -0.39 is 6.04 Å². The Bertz CT molecular complexity index is 627. The molecule has 0 radical (unpaired) electrons. The van der Waals surface area contributed by atoms with Gasteiger partial charge in [-0.25, -0.2) is 14.2 Å². The Hall–Kier alpha value is -2.41. The van der Waals surface area contributed by atoms with Gasteiger partial charge < -0.3 is 20.3 Å². The molecule has 0 aliphatic heterocycles.